The summed E-state index contributed by atoms with van der Waals surface area (Å²) in [6.07, 6.45) is -0.202. The van der Waals surface area contributed by atoms with Crippen molar-refractivity contribution < 1.29 is 18.6 Å². The van der Waals surface area contributed by atoms with Gasteiger partial charge in [-0.1, -0.05) is 12.1 Å². The van der Waals surface area contributed by atoms with Crippen molar-refractivity contribution in [2.45, 2.75) is 6.10 Å². The molecule has 1 unspecified atom stereocenters. The first-order chi connectivity index (χ1) is 8.63. The van der Waals surface area contributed by atoms with Crippen molar-refractivity contribution >= 4 is 0 Å². The van der Waals surface area contributed by atoms with Gasteiger partial charge in [-0.25, -0.2) is 18.7 Å². The van der Waals surface area contributed by atoms with Crippen LogP contribution in [0.15, 0.2) is 30.6 Å². The van der Waals surface area contributed by atoms with Gasteiger partial charge < -0.3 is 9.84 Å². The van der Waals surface area contributed by atoms with Crippen LogP contribution in [0, 0.1) is 11.6 Å². The van der Waals surface area contributed by atoms with Gasteiger partial charge in [0.05, 0.1) is 12.8 Å². The van der Waals surface area contributed by atoms with E-state index in [1.54, 1.807) is 0 Å². The summed E-state index contributed by atoms with van der Waals surface area (Å²) in [4.78, 5) is 7.57. The summed E-state index contributed by atoms with van der Waals surface area (Å²) in [6.45, 7) is 0. The van der Waals surface area contributed by atoms with E-state index in [1.165, 1.54) is 31.6 Å². The molecule has 0 fully saturated rings. The second-order valence-corrected chi connectivity index (χ2v) is 3.53. The van der Waals surface area contributed by atoms with E-state index in [1.807, 2.05) is 0 Å². The molecule has 1 atom stereocenters. The maximum Gasteiger partial charge on any atom is 0.216 e. The third-order valence-corrected chi connectivity index (χ3v) is 2.43. The van der Waals surface area contributed by atoms with Gasteiger partial charge in [0, 0.05) is 11.6 Å². The number of methoxy groups -OCH3 is 1. The molecule has 1 aromatic carbocycles. The van der Waals surface area contributed by atoms with Crippen molar-refractivity contribution in [2.24, 2.45) is 0 Å². The number of ether oxygens (including phenoxy) is 1. The van der Waals surface area contributed by atoms with E-state index in [-0.39, 0.29) is 17.1 Å². The Morgan fingerprint density at radius 1 is 1.28 bits per heavy atom. The zero-order valence-electron chi connectivity index (χ0n) is 9.47. The van der Waals surface area contributed by atoms with Gasteiger partial charge >= 0.3 is 0 Å². The Kier molecular flexibility index (Phi) is 3.47. The zero-order chi connectivity index (χ0) is 13.1. The molecule has 1 aromatic heterocycles. The highest BCUT2D eigenvalue weighted by molar-refractivity contribution is 5.29. The summed E-state index contributed by atoms with van der Waals surface area (Å²) >= 11 is 0. The number of hydrogen-bond donors (Lipinski definition) is 1. The van der Waals surface area contributed by atoms with Crippen LogP contribution in [0.4, 0.5) is 8.78 Å². The van der Waals surface area contributed by atoms with Gasteiger partial charge in [0.25, 0.3) is 0 Å². The molecule has 0 aliphatic heterocycles. The quantitative estimate of drug-likeness (QED) is 0.905. The van der Waals surface area contributed by atoms with Gasteiger partial charge in [0.1, 0.15) is 12.4 Å². The predicted molar refractivity (Wildman–Crippen MR) is 59.0 cm³/mol. The van der Waals surface area contributed by atoms with Crippen molar-refractivity contribution in [1.82, 2.24) is 9.97 Å². The van der Waals surface area contributed by atoms with Crippen LogP contribution in [0.1, 0.15) is 17.4 Å². The van der Waals surface area contributed by atoms with E-state index in [0.717, 1.165) is 6.07 Å². The molecule has 0 aliphatic rings. The molecule has 1 N–H and O–H groups in total. The Bertz CT molecular complexity index is 564. The first-order valence-corrected chi connectivity index (χ1v) is 5.11. The highest BCUT2D eigenvalue weighted by Crippen LogP contribution is 2.25. The molecule has 4 nitrogen and oxygen atoms in total. The maximum absolute atomic E-state index is 13.5. The van der Waals surface area contributed by atoms with E-state index in [9.17, 15) is 13.9 Å². The summed E-state index contributed by atoms with van der Waals surface area (Å²) in [7, 11) is 1.40. The molecular weight excluding hydrogens is 242 g/mol. The molecule has 0 aliphatic carbocycles. The summed E-state index contributed by atoms with van der Waals surface area (Å²) in [5.74, 6) is -1.88. The van der Waals surface area contributed by atoms with Crippen molar-refractivity contribution in [3.8, 4) is 5.88 Å². The number of hydrogen-bond acceptors (Lipinski definition) is 4. The summed E-state index contributed by atoms with van der Waals surface area (Å²) < 4.78 is 31.4. The van der Waals surface area contributed by atoms with Crippen LogP contribution in [-0.2, 0) is 0 Å². The van der Waals surface area contributed by atoms with E-state index in [2.05, 4.69) is 9.97 Å². The first kappa shape index (κ1) is 12.4. The molecule has 0 saturated carbocycles. The smallest absolute Gasteiger partial charge is 0.216 e. The summed E-state index contributed by atoms with van der Waals surface area (Å²) in [6, 6.07) is 4.94. The van der Waals surface area contributed by atoms with E-state index < -0.39 is 17.7 Å². The predicted octanol–water partition coefficient (Wildman–Crippen LogP) is 1.85. The minimum atomic E-state index is -1.38. The molecule has 0 amide bonds. The molecule has 1 heterocycles. The number of aliphatic hydroxyl groups is 1. The monoisotopic (exact) mass is 252 g/mol. The Hall–Kier alpha value is -2.08. The van der Waals surface area contributed by atoms with Crippen molar-refractivity contribution in [1.29, 1.82) is 0 Å². The largest absolute Gasteiger partial charge is 0.481 e. The zero-order valence-corrected chi connectivity index (χ0v) is 9.47. The molecule has 0 radical (unpaired) electrons. The average Bonchev–Trinajstić information content (AvgIpc) is 2.41. The Morgan fingerprint density at radius 3 is 2.78 bits per heavy atom. The lowest BCUT2D eigenvalue weighted by Gasteiger charge is -2.12. The lowest BCUT2D eigenvalue weighted by Crippen LogP contribution is -2.07. The average molecular weight is 252 g/mol. The first-order valence-electron chi connectivity index (χ1n) is 5.11. The van der Waals surface area contributed by atoms with Crippen LogP contribution in [0.5, 0.6) is 5.88 Å². The van der Waals surface area contributed by atoms with Crippen LogP contribution in [0.3, 0.4) is 0 Å². The van der Waals surface area contributed by atoms with Crippen LogP contribution in [-0.4, -0.2) is 22.2 Å². The third kappa shape index (κ3) is 2.28. The minimum absolute atomic E-state index is 0.131. The maximum atomic E-state index is 13.5. The van der Waals surface area contributed by atoms with Crippen molar-refractivity contribution in [3.63, 3.8) is 0 Å². The molecule has 0 saturated heterocycles. The lowest BCUT2D eigenvalue weighted by atomic mass is 10.1. The fourth-order valence-corrected chi connectivity index (χ4v) is 1.51. The van der Waals surface area contributed by atoms with E-state index in [0.29, 0.717) is 0 Å². The number of aliphatic hydroxyl groups excluding tert-OH is 1. The van der Waals surface area contributed by atoms with Gasteiger partial charge in [-0.3, -0.25) is 0 Å². The van der Waals surface area contributed by atoms with Crippen LogP contribution in [0.2, 0.25) is 0 Å². The molecule has 6 heteroatoms. The molecule has 0 spiro atoms. The Balaban J connectivity index is 2.41. The van der Waals surface area contributed by atoms with Crippen LogP contribution >= 0.6 is 0 Å². The normalized spacial score (nSPS) is 12.2. The van der Waals surface area contributed by atoms with Crippen molar-refractivity contribution in [3.05, 3.63) is 53.5 Å². The molecule has 18 heavy (non-hydrogen) atoms. The Labute approximate surface area is 102 Å². The van der Waals surface area contributed by atoms with Crippen LogP contribution < -0.4 is 4.74 Å². The SMILES string of the molecule is COc1cc(C(O)c2cccc(F)c2F)ncn1. The lowest BCUT2D eigenvalue weighted by molar-refractivity contribution is 0.207. The molecule has 2 rings (SSSR count). The van der Waals surface area contributed by atoms with Crippen LogP contribution in [0.25, 0.3) is 0 Å². The van der Waals surface area contributed by atoms with Gasteiger partial charge in [0.2, 0.25) is 5.88 Å². The highest BCUT2D eigenvalue weighted by Gasteiger charge is 2.19. The van der Waals surface area contributed by atoms with Gasteiger partial charge in [-0.15, -0.1) is 0 Å². The summed E-state index contributed by atoms with van der Waals surface area (Å²) in [5.41, 5.74) is -0.0536. The highest BCUT2D eigenvalue weighted by atomic mass is 19.2. The Morgan fingerprint density at radius 2 is 2.06 bits per heavy atom. The third-order valence-electron chi connectivity index (χ3n) is 2.43. The number of nitrogens with zero attached hydrogens (tertiary/aromatic N) is 2. The molecular formula is C12H10F2N2O2. The fourth-order valence-electron chi connectivity index (χ4n) is 1.51. The number of rotatable bonds is 3. The number of halogens is 2. The summed E-state index contributed by atoms with van der Waals surface area (Å²) in [5, 5.41) is 9.96. The standard InChI is InChI=1S/C12H10F2N2O2/c1-18-10-5-9(15-6-16-10)12(17)7-3-2-4-8(13)11(7)14/h2-6,12,17H,1H3. The van der Waals surface area contributed by atoms with Gasteiger partial charge in [-0.2, -0.15) is 0 Å². The van der Waals surface area contributed by atoms with Gasteiger partial charge in [-0.05, 0) is 6.07 Å². The molecule has 2 aromatic rings. The number of benzene rings is 1. The fraction of sp³-hybridized carbons (Fsp3) is 0.167. The second-order valence-electron chi connectivity index (χ2n) is 3.53. The van der Waals surface area contributed by atoms with Gasteiger partial charge in [0.15, 0.2) is 11.6 Å². The van der Waals surface area contributed by atoms with E-state index in [4.69, 9.17) is 4.74 Å². The topological polar surface area (TPSA) is 55.2 Å². The molecule has 0 bridgehead atoms. The second kappa shape index (κ2) is 5.05. The van der Waals surface area contributed by atoms with Crippen molar-refractivity contribution in [2.75, 3.05) is 7.11 Å². The minimum Gasteiger partial charge on any atom is -0.481 e. The van der Waals surface area contributed by atoms with E-state index >= 15 is 0 Å². The molecule has 94 valence electrons. The number of aromatic nitrogens is 2.